The van der Waals surface area contributed by atoms with E-state index in [0.29, 0.717) is 27.7 Å². The number of fused-ring (bicyclic) bond motifs is 2. The minimum absolute atomic E-state index is 0.00839. The first-order valence-electron chi connectivity index (χ1n) is 8.83. The maximum Gasteiger partial charge on any atom is 0.261 e. The molecule has 140 valence electrons. The van der Waals surface area contributed by atoms with E-state index in [1.165, 1.54) is 6.07 Å². The smallest absolute Gasteiger partial charge is 0.261 e. The first kappa shape index (κ1) is 17.7. The molecule has 3 aromatic rings. The molecule has 0 bridgehead atoms. The van der Waals surface area contributed by atoms with Crippen molar-refractivity contribution in [2.75, 3.05) is 11.9 Å². The summed E-state index contributed by atoms with van der Waals surface area (Å²) in [6.45, 7) is 1.79. The number of pyridine rings is 1. The van der Waals surface area contributed by atoms with E-state index >= 15 is 0 Å². The maximum atomic E-state index is 12.3. The molecule has 2 heterocycles. The molecule has 3 amide bonds. The molecule has 2 N–H and O–H groups in total. The van der Waals surface area contributed by atoms with Gasteiger partial charge in [0.15, 0.2) is 5.43 Å². The number of hydrogen-bond donors (Lipinski definition) is 2. The number of aromatic nitrogens is 1. The zero-order valence-electron chi connectivity index (χ0n) is 15.1. The highest BCUT2D eigenvalue weighted by molar-refractivity contribution is 6.21. The van der Waals surface area contributed by atoms with E-state index in [-0.39, 0.29) is 36.1 Å². The Morgan fingerprint density at radius 2 is 1.68 bits per heavy atom. The van der Waals surface area contributed by atoms with Crippen LogP contribution >= 0.6 is 0 Å². The highest BCUT2D eigenvalue weighted by Gasteiger charge is 2.34. The summed E-state index contributed by atoms with van der Waals surface area (Å²) in [6.07, 6.45) is -0.0340. The summed E-state index contributed by atoms with van der Waals surface area (Å²) in [4.78, 5) is 53.2. The molecule has 0 radical (unpaired) electrons. The number of carbonyl (C=O) groups is 3. The lowest BCUT2D eigenvalue weighted by atomic mass is 10.1. The van der Waals surface area contributed by atoms with Gasteiger partial charge in [-0.25, -0.2) is 0 Å². The van der Waals surface area contributed by atoms with Gasteiger partial charge in [-0.2, -0.15) is 0 Å². The van der Waals surface area contributed by atoms with Crippen LogP contribution < -0.4 is 10.7 Å². The number of rotatable bonds is 4. The van der Waals surface area contributed by atoms with Gasteiger partial charge in [-0.1, -0.05) is 12.1 Å². The number of carbonyl (C=O) groups excluding carboxylic acids is 3. The number of anilines is 1. The molecule has 0 fully saturated rings. The fourth-order valence-corrected chi connectivity index (χ4v) is 3.34. The topological polar surface area (TPSA) is 99.3 Å². The van der Waals surface area contributed by atoms with E-state index in [1.807, 2.05) is 0 Å². The van der Waals surface area contributed by atoms with Crippen molar-refractivity contribution >= 4 is 34.3 Å². The molecule has 1 aromatic heterocycles. The van der Waals surface area contributed by atoms with Gasteiger partial charge in [-0.3, -0.25) is 24.1 Å². The Morgan fingerprint density at radius 1 is 1.00 bits per heavy atom. The molecule has 0 saturated carbocycles. The van der Waals surface area contributed by atoms with Crippen LogP contribution in [0.15, 0.2) is 53.3 Å². The summed E-state index contributed by atoms with van der Waals surface area (Å²) in [5.41, 5.74) is 2.51. The fraction of sp³-hybridized carbons (Fsp3) is 0.143. The molecule has 0 atom stereocenters. The van der Waals surface area contributed by atoms with E-state index in [1.54, 1.807) is 49.4 Å². The van der Waals surface area contributed by atoms with Gasteiger partial charge >= 0.3 is 0 Å². The van der Waals surface area contributed by atoms with Crippen molar-refractivity contribution in [1.29, 1.82) is 0 Å². The van der Waals surface area contributed by atoms with Gasteiger partial charge in [0.05, 0.1) is 11.1 Å². The molecule has 1 aliphatic rings. The van der Waals surface area contributed by atoms with Gasteiger partial charge in [0.1, 0.15) is 0 Å². The highest BCUT2D eigenvalue weighted by Crippen LogP contribution is 2.22. The average Bonchev–Trinajstić information content (AvgIpc) is 2.91. The number of H-pyrrole nitrogens is 1. The Bertz CT molecular complexity index is 1160. The number of nitrogens with zero attached hydrogens (tertiary/aromatic N) is 1. The summed E-state index contributed by atoms with van der Waals surface area (Å²) < 4.78 is 0. The van der Waals surface area contributed by atoms with E-state index < -0.39 is 0 Å². The molecule has 0 unspecified atom stereocenters. The van der Waals surface area contributed by atoms with E-state index in [2.05, 4.69) is 10.3 Å². The van der Waals surface area contributed by atoms with Crippen LogP contribution in [0.5, 0.6) is 0 Å². The molecular formula is C21H17N3O4. The fourth-order valence-electron chi connectivity index (χ4n) is 3.34. The molecule has 0 saturated heterocycles. The standard InChI is InChI=1S/C21H17N3O4/c1-12-10-18(25)16-11-13(6-7-17(16)22-12)23-19(26)8-9-24-20(27)14-4-2-3-5-15(14)21(24)28/h2-7,10-11H,8-9H2,1H3,(H,22,25)(H,23,26). The first-order chi connectivity index (χ1) is 13.4. The molecule has 1 aliphatic heterocycles. The van der Waals surface area contributed by atoms with Crippen LogP contribution in [0.3, 0.4) is 0 Å². The predicted octanol–water partition coefficient (Wildman–Crippen LogP) is 2.46. The molecule has 0 aliphatic carbocycles. The van der Waals surface area contributed by atoms with Gasteiger partial charge in [0.2, 0.25) is 5.91 Å². The summed E-state index contributed by atoms with van der Waals surface area (Å²) in [6, 6.07) is 13.1. The highest BCUT2D eigenvalue weighted by atomic mass is 16.2. The second kappa shape index (κ2) is 6.77. The molecule has 0 spiro atoms. The number of imide groups is 1. The SMILES string of the molecule is Cc1cc(=O)c2cc(NC(=O)CCN3C(=O)c4ccccc4C3=O)ccc2[nH]1. The number of aryl methyl sites for hydroxylation is 1. The zero-order valence-corrected chi connectivity index (χ0v) is 15.1. The molecule has 2 aromatic carbocycles. The van der Waals surface area contributed by atoms with Crippen molar-refractivity contribution in [1.82, 2.24) is 9.88 Å². The summed E-state index contributed by atoms with van der Waals surface area (Å²) >= 11 is 0. The quantitative estimate of drug-likeness (QED) is 0.684. The van der Waals surface area contributed by atoms with E-state index in [4.69, 9.17) is 0 Å². The van der Waals surface area contributed by atoms with Crippen LogP contribution in [-0.2, 0) is 4.79 Å². The van der Waals surface area contributed by atoms with E-state index in [9.17, 15) is 19.2 Å². The molecule has 4 rings (SSSR count). The van der Waals surface area contributed by atoms with Gasteiger partial charge < -0.3 is 10.3 Å². The number of hydrogen-bond acceptors (Lipinski definition) is 4. The van der Waals surface area contributed by atoms with Crippen LogP contribution in [0, 0.1) is 6.92 Å². The van der Waals surface area contributed by atoms with E-state index in [0.717, 1.165) is 10.6 Å². The molecular weight excluding hydrogens is 358 g/mol. The third-order valence-electron chi connectivity index (χ3n) is 4.69. The van der Waals surface area contributed by atoms with Gasteiger partial charge in [0.25, 0.3) is 11.8 Å². The molecule has 7 heteroatoms. The minimum atomic E-state index is -0.388. The Morgan fingerprint density at radius 3 is 2.36 bits per heavy atom. The van der Waals surface area contributed by atoms with Crippen molar-refractivity contribution in [3.63, 3.8) is 0 Å². The lowest BCUT2D eigenvalue weighted by Crippen LogP contribution is -2.32. The van der Waals surface area contributed by atoms with Gasteiger partial charge in [-0.05, 0) is 37.3 Å². The Balaban J connectivity index is 1.44. The van der Waals surface area contributed by atoms with Crippen LogP contribution in [0.4, 0.5) is 5.69 Å². The largest absolute Gasteiger partial charge is 0.358 e. The number of benzene rings is 2. The zero-order chi connectivity index (χ0) is 19.8. The summed E-state index contributed by atoms with van der Waals surface area (Å²) in [5, 5.41) is 3.19. The summed E-state index contributed by atoms with van der Waals surface area (Å²) in [7, 11) is 0. The van der Waals surface area contributed by atoms with Crippen LogP contribution in [0.1, 0.15) is 32.8 Å². The van der Waals surface area contributed by atoms with Gasteiger partial charge in [0, 0.05) is 41.3 Å². The second-order valence-electron chi connectivity index (χ2n) is 6.68. The van der Waals surface area contributed by atoms with Crippen molar-refractivity contribution in [2.24, 2.45) is 0 Å². The molecule has 28 heavy (non-hydrogen) atoms. The Hall–Kier alpha value is -3.74. The lowest BCUT2D eigenvalue weighted by molar-refractivity contribution is -0.116. The maximum absolute atomic E-state index is 12.3. The Labute approximate surface area is 160 Å². The minimum Gasteiger partial charge on any atom is -0.358 e. The number of nitrogens with one attached hydrogen (secondary N) is 2. The van der Waals surface area contributed by atoms with Crippen LogP contribution in [0.2, 0.25) is 0 Å². The lowest BCUT2D eigenvalue weighted by Gasteiger charge is -2.13. The monoisotopic (exact) mass is 375 g/mol. The van der Waals surface area contributed by atoms with Crippen molar-refractivity contribution in [3.8, 4) is 0 Å². The number of amides is 3. The molecule has 7 nitrogen and oxygen atoms in total. The normalized spacial score (nSPS) is 13.1. The van der Waals surface area contributed by atoms with Crippen molar-refractivity contribution in [2.45, 2.75) is 13.3 Å². The third-order valence-corrected chi connectivity index (χ3v) is 4.69. The number of aromatic amines is 1. The van der Waals surface area contributed by atoms with Crippen LogP contribution in [0.25, 0.3) is 10.9 Å². The average molecular weight is 375 g/mol. The first-order valence-corrected chi connectivity index (χ1v) is 8.83. The summed E-state index contributed by atoms with van der Waals surface area (Å²) in [5.74, 6) is -1.12. The second-order valence-corrected chi connectivity index (χ2v) is 6.68. The predicted molar refractivity (Wildman–Crippen MR) is 104 cm³/mol. The third kappa shape index (κ3) is 3.07. The van der Waals surface area contributed by atoms with Crippen molar-refractivity contribution < 1.29 is 14.4 Å². The Kier molecular flexibility index (Phi) is 4.27. The van der Waals surface area contributed by atoms with Gasteiger partial charge in [-0.15, -0.1) is 0 Å². The van der Waals surface area contributed by atoms with Crippen molar-refractivity contribution in [3.05, 3.63) is 75.6 Å². The van der Waals surface area contributed by atoms with Crippen LogP contribution in [-0.4, -0.2) is 34.2 Å².